The maximum atomic E-state index is 12.9. The monoisotopic (exact) mass is 511 g/mol. The van der Waals surface area contributed by atoms with E-state index in [1.807, 2.05) is 17.1 Å². The van der Waals surface area contributed by atoms with Gasteiger partial charge in [-0.15, -0.1) is 0 Å². The maximum Gasteiger partial charge on any atom is 0.130 e. The van der Waals surface area contributed by atoms with Crippen LogP contribution in [0, 0.1) is 0 Å². The van der Waals surface area contributed by atoms with Gasteiger partial charge in [-0.05, 0) is 47.8 Å². The minimum Gasteiger partial charge on any atom is -0.369 e. The van der Waals surface area contributed by atoms with Gasteiger partial charge in [0, 0.05) is 74.3 Å². The number of rotatable bonds is 7. The summed E-state index contributed by atoms with van der Waals surface area (Å²) in [6, 6.07) is 17.0. The molecule has 2 aliphatic rings. The highest BCUT2D eigenvalue weighted by Gasteiger charge is 2.21. The van der Waals surface area contributed by atoms with E-state index in [0.717, 1.165) is 83.9 Å². The molecule has 2 aromatic heterocycles. The number of pyridine rings is 1. The second-order valence-electron chi connectivity index (χ2n) is 10.3. The van der Waals surface area contributed by atoms with Gasteiger partial charge in [0.05, 0.1) is 18.4 Å². The fraction of sp³-hybridized carbons (Fsp3) is 0.333. The van der Waals surface area contributed by atoms with Crippen molar-refractivity contribution in [3.63, 3.8) is 0 Å². The van der Waals surface area contributed by atoms with Gasteiger partial charge in [0.1, 0.15) is 12.5 Å². The summed E-state index contributed by atoms with van der Waals surface area (Å²) >= 11 is 0. The number of benzene rings is 2. The molecule has 2 aliphatic heterocycles. The van der Waals surface area contributed by atoms with Gasteiger partial charge in [-0.1, -0.05) is 30.8 Å². The van der Waals surface area contributed by atoms with Crippen molar-refractivity contribution in [2.24, 2.45) is 0 Å². The Bertz CT molecular complexity index is 1450. The summed E-state index contributed by atoms with van der Waals surface area (Å²) in [7, 11) is 2.17. The molecular formula is C30H34FN7. The first-order chi connectivity index (χ1) is 18.6. The smallest absolute Gasteiger partial charge is 0.130 e. The highest BCUT2D eigenvalue weighted by molar-refractivity contribution is 5.90. The Labute approximate surface area is 223 Å². The lowest BCUT2D eigenvalue weighted by Gasteiger charge is -2.34. The number of hydrogen-bond acceptors (Lipinski definition) is 6. The molecule has 4 aromatic rings. The summed E-state index contributed by atoms with van der Waals surface area (Å²) in [4.78, 5) is 11.6. The molecule has 0 amide bonds. The molecule has 1 N–H and O–H groups in total. The maximum absolute atomic E-state index is 12.9. The molecule has 0 unspecified atom stereocenters. The van der Waals surface area contributed by atoms with Crippen LogP contribution in [-0.4, -0.2) is 77.6 Å². The average Bonchev–Trinajstić information content (AvgIpc) is 3.37. The van der Waals surface area contributed by atoms with Crippen molar-refractivity contribution < 1.29 is 4.39 Å². The van der Waals surface area contributed by atoms with Crippen molar-refractivity contribution in [1.82, 2.24) is 24.6 Å². The lowest BCUT2D eigenvalue weighted by Crippen LogP contribution is -2.44. The van der Waals surface area contributed by atoms with E-state index in [2.05, 4.69) is 92.3 Å². The van der Waals surface area contributed by atoms with Crippen LogP contribution in [0.5, 0.6) is 0 Å². The number of likely N-dealkylation sites (N-methyl/N-ethyl adjacent to an activating group) is 1. The molecule has 4 heterocycles. The van der Waals surface area contributed by atoms with Gasteiger partial charge in [-0.2, -0.15) is 5.10 Å². The van der Waals surface area contributed by atoms with Crippen LogP contribution in [0.15, 0.2) is 67.5 Å². The van der Waals surface area contributed by atoms with Gasteiger partial charge in [-0.3, -0.25) is 9.58 Å². The van der Waals surface area contributed by atoms with Crippen LogP contribution in [0.3, 0.4) is 0 Å². The zero-order chi connectivity index (χ0) is 26.1. The summed E-state index contributed by atoms with van der Waals surface area (Å²) in [5.41, 5.74) is 6.46. The second kappa shape index (κ2) is 10.6. The first-order valence-corrected chi connectivity index (χ1v) is 13.3. The number of fused-ring (bicyclic) bond motifs is 2. The third kappa shape index (κ3) is 5.01. The Hall–Kier alpha value is -3.75. The Balaban J connectivity index is 1.22. The normalized spacial score (nSPS) is 16.5. The Morgan fingerprint density at radius 2 is 1.84 bits per heavy atom. The molecule has 0 aliphatic carbocycles. The standard InChI is InChI=1S/C30H34FN7/c1-22(23-4-3-5-27(17-23)37-13-10-35(2)11-14-37)34-30-18-26-16-24(6-7-25(26)19-32-30)28-20-33-38-15-12-36(9-8-31)21-29(28)38/h3-7,16-20H,1,8-15,21H2,2H3,(H,32,34). The second-order valence-corrected chi connectivity index (χ2v) is 10.3. The number of piperazine rings is 1. The molecule has 2 aromatic carbocycles. The number of hydrogen-bond donors (Lipinski definition) is 1. The third-order valence-electron chi connectivity index (χ3n) is 7.73. The fourth-order valence-electron chi connectivity index (χ4n) is 5.41. The van der Waals surface area contributed by atoms with E-state index in [1.54, 1.807) is 0 Å². The van der Waals surface area contributed by atoms with Gasteiger partial charge in [0.15, 0.2) is 0 Å². The molecule has 6 rings (SSSR count). The SMILES string of the molecule is C=C(Nc1cc2cc(-c3cnn4c3CN(CCF)CC4)ccc2cn1)c1cccc(N2CCN(C)CC2)c1. The summed E-state index contributed by atoms with van der Waals surface area (Å²) in [5, 5.41) is 10.2. The van der Waals surface area contributed by atoms with E-state index in [-0.39, 0.29) is 6.67 Å². The summed E-state index contributed by atoms with van der Waals surface area (Å²) in [5.74, 6) is 0.760. The van der Waals surface area contributed by atoms with Crippen LogP contribution < -0.4 is 10.2 Å². The van der Waals surface area contributed by atoms with E-state index < -0.39 is 0 Å². The van der Waals surface area contributed by atoms with E-state index in [9.17, 15) is 4.39 Å². The van der Waals surface area contributed by atoms with Crippen molar-refractivity contribution in [3.8, 4) is 11.1 Å². The summed E-state index contributed by atoms with van der Waals surface area (Å²) < 4.78 is 15.0. The van der Waals surface area contributed by atoms with Gasteiger partial charge < -0.3 is 15.1 Å². The first-order valence-electron chi connectivity index (χ1n) is 13.3. The quantitative estimate of drug-likeness (QED) is 0.388. The van der Waals surface area contributed by atoms with E-state index in [4.69, 9.17) is 0 Å². The van der Waals surface area contributed by atoms with Crippen molar-refractivity contribution in [3.05, 3.63) is 78.8 Å². The van der Waals surface area contributed by atoms with Crippen LogP contribution in [0.1, 0.15) is 11.3 Å². The number of halogens is 1. The molecule has 1 fully saturated rings. The van der Waals surface area contributed by atoms with Crippen molar-refractivity contribution in [2.45, 2.75) is 13.1 Å². The van der Waals surface area contributed by atoms with Crippen LogP contribution in [0.25, 0.3) is 27.6 Å². The molecule has 8 heteroatoms. The summed E-state index contributed by atoms with van der Waals surface area (Å²) in [6.45, 7) is 11.0. The predicted octanol–water partition coefficient (Wildman–Crippen LogP) is 4.72. The highest BCUT2D eigenvalue weighted by Crippen LogP contribution is 2.31. The van der Waals surface area contributed by atoms with Crippen LogP contribution in [0.4, 0.5) is 15.9 Å². The molecule has 7 nitrogen and oxygen atoms in total. The number of aromatic nitrogens is 3. The number of nitrogens with zero attached hydrogens (tertiary/aromatic N) is 6. The van der Waals surface area contributed by atoms with Crippen LogP contribution >= 0.6 is 0 Å². The molecule has 0 bridgehead atoms. The van der Waals surface area contributed by atoms with Gasteiger partial charge in [0.25, 0.3) is 0 Å². The van der Waals surface area contributed by atoms with E-state index >= 15 is 0 Å². The van der Waals surface area contributed by atoms with Crippen molar-refractivity contribution in [2.75, 3.05) is 63.2 Å². The molecular weight excluding hydrogens is 477 g/mol. The lowest BCUT2D eigenvalue weighted by atomic mass is 10.0. The van der Waals surface area contributed by atoms with Crippen LogP contribution in [0.2, 0.25) is 0 Å². The predicted molar refractivity (Wildman–Crippen MR) is 153 cm³/mol. The van der Waals surface area contributed by atoms with Gasteiger partial charge >= 0.3 is 0 Å². The Morgan fingerprint density at radius 3 is 2.68 bits per heavy atom. The Kier molecular flexibility index (Phi) is 6.82. The molecule has 0 saturated carbocycles. The van der Waals surface area contributed by atoms with Gasteiger partial charge in [0.2, 0.25) is 0 Å². The Morgan fingerprint density at radius 1 is 0.974 bits per heavy atom. The molecule has 1 saturated heterocycles. The molecule has 0 atom stereocenters. The van der Waals surface area contributed by atoms with E-state index in [0.29, 0.717) is 13.1 Å². The van der Waals surface area contributed by atoms with E-state index in [1.165, 1.54) is 5.69 Å². The first kappa shape index (κ1) is 24.6. The largest absolute Gasteiger partial charge is 0.369 e. The zero-order valence-electron chi connectivity index (χ0n) is 21.9. The minimum absolute atomic E-state index is 0.326. The average molecular weight is 512 g/mol. The molecule has 196 valence electrons. The molecule has 38 heavy (non-hydrogen) atoms. The number of anilines is 2. The fourth-order valence-corrected chi connectivity index (χ4v) is 5.41. The topological polar surface area (TPSA) is 52.5 Å². The number of nitrogens with one attached hydrogen (secondary N) is 1. The molecule has 0 spiro atoms. The third-order valence-corrected chi connectivity index (χ3v) is 7.73. The number of alkyl halides is 1. The molecule has 0 radical (unpaired) electrons. The highest BCUT2D eigenvalue weighted by atomic mass is 19.1. The van der Waals surface area contributed by atoms with Crippen molar-refractivity contribution >= 4 is 28.0 Å². The zero-order valence-corrected chi connectivity index (χ0v) is 21.9. The van der Waals surface area contributed by atoms with Gasteiger partial charge in [-0.25, -0.2) is 9.37 Å². The minimum atomic E-state index is -0.326. The van der Waals surface area contributed by atoms with Crippen molar-refractivity contribution in [1.29, 1.82) is 0 Å². The lowest BCUT2D eigenvalue weighted by molar-refractivity contribution is 0.197. The van der Waals surface area contributed by atoms with Crippen LogP contribution in [-0.2, 0) is 13.1 Å². The summed E-state index contributed by atoms with van der Waals surface area (Å²) in [6.07, 6.45) is 3.83.